The Hall–Kier alpha value is -1.70. The highest BCUT2D eigenvalue weighted by Crippen LogP contribution is 2.28. The van der Waals surface area contributed by atoms with E-state index >= 15 is 0 Å². The number of nitrogens with zero attached hydrogens (tertiary/aromatic N) is 2. The molecule has 2 fully saturated rings. The molecule has 3 rings (SSSR count). The third-order valence-electron chi connectivity index (χ3n) is 4.66. The number of halogens is 2. The van der Waals surface area contributed by atoms with Crippen LogP contribution in [-0.4, -0.2) is 72.2 Å². The fourth-order valence-electron chi connectivity index (χ4n) is 3.51. The maximum absolute atomic E-state index is 14.3. The molecule has 0 aliphatic carbocycles. The summed E-state index contributed by atoms with van der Waals surface area (Å²) < 4.78 is 19.9. The van der Waals surface area contributed by atoms with Gasteiger partial charge in [-0.3, -0.25) is 14.5 Å². The number of hydrogen-bond acceptors (Lipinski definition) is 4. The quantitative estimate of drug-likeness (QED) is 0.876. The van der Waals surface area contributed by atoms with Gasteiger partial charge in [-0.15, -0.1) is 0 Å². The SMILES string of the molecule is Cc1ccc(F)c(C(=O)N2C[C@H]3COC[C@@H]2CN(CC(=O)O)C3)c1Cl. The summed E-state index contributed by atoms with van der Waals surface area (Å²) in [6.07, 6.45) is 0. The van der Waals surface area contributed by atoms with Crippen LogP contribution in [0.3, 0.4) is 0 Å². The molecule has 1 amide bonds. The van der Waals surface area contributed by atoms with Gasteiger partial charge in [0.25, 0.3) is 5.91 Å². The number of benzene rings is 1. The first-order chi connectivity index (χ1) is 11.9. The first-order valence-electron chi connectivity index (χ1n) is 8.14. The molecule has 1 N–H and O–H groups in total. The number of carboxylic acids is 1. The average Bonchev–Trinajstić information content (AvgIpc) is 2.81. The van der Waals surface area contributed by atoms with Crippen LogP contribution in [0.2, 0.25) is 5.02 Å². The minimum absolute atomic E-state index is 0.0255. The van der Waals surface area contributed by atoms with Crippen molar-refractivity contribution in [2.75, 3.05) is 39.4 Å². The van der Waals surface area contributed by atoms with Gasteiger partial charge in [0.15, 0.2) is 0 Å². The summed E-state index contributed by atoms with van der Waals surface area (Å²) in [6.45, 7) is 3.66. The summed E-state index contributed by atoms with van der Waals surface area (Å²) in [5.41, 5.74) is 0.506. The van der Waals surface area contributed by atoms with Crippen molar-refractivity contribution < 1.29 is 23.8 Å². The van der Waals surface area contributed by atoms with Crippen LogP contribution in [0.1, 0.15) is 15.9 Å². The molecule has 0 spiro atoms. The standard InChI is InChI=1S/C17H20ClFN2O4/c1-10-2-3-13(19)15(16(10)18)17(24)21-5-11-4-20(7-14(22)23)6-12(21)9-25-8-11/h2-3,11-12H,4-9H2,1H3,(H,22,23)/t11-,12-/m0/s1. The Balaban J connectivity index is 1.90. The van der Waals surface area contributed by atoms with Crippen molar-refractivity contribution in [2.24, 2.45) is 5.92 Å². The van der Waals surface area contributed by atoms with E-state index in [1.807, 2.05) is 4.90 Å². The van der Waals surface area contributed by atoms with E-state index in [4.69, 9.17) is 21.4 Å². The van der Waals surface area contributed by atoms with Crippen molar-refractivity contribution in [3.63, 3.8) is 0 Å². The molecular weight excluding hydrogens is 351 g/mol. The largest absolute Gasteiger partial charge is 0.480 e. The van der Waals surface area contributed by atoms with E-state index in [0.717, 1.165) is 0 Å². The Morgan fingerprint density at radius 2 is 2.08 bits per heavy atom. The highest BCUT2D eigenvalue weighted by Gasteiger charge is 2.38. The highest BCUT2D eigenvalue weighted by atomic mass is 35.5. The zero-order valence-corrected chi connectivity index (χ0v) is 14.6. The predicted molar refractivity (Wildman–Crippen MR) is 89.4 cm³/mol. The van der Waals surface area contributed by atoms with Crippen LogP contribution in [0.25, 0.3) is 0 Å². The third kappa shape index (κ3) is 3.78. The Morgan fingerprint density at radius 3 is 2.80 bits per heavy atom. The Kier molecular flexibility index (Phi) is 5.27. The molecule has 136 valence electrons. The Labute approximate surface area is 150 Å². The molecule has 6 nitrogen and oxygen atoms in total. The molecule has 1 aromatic carbocycles. The van der Waals surface area contributed by atoms with E-state index in [1.54, 1.807) is 11.8 Å². The van der Waals surface area contributed by atoms with Crippen molar-refractivity contribution in [1.82, 2.24) is 9.80 Å². The van der Waals surface area contributed by atoms with Gasteiger partial charge in [0, 0.05) is 25.6 Å². The summed E-state index contributed by atoms with van der Waals surface area (Å²) >= 11 is 6.19. The van der Waals surface area contributed by atoms with Crippen molar-refractivity contribution in [3.8, 4) is 0 Å². The zero-order valence-electron chi connectivity index (χ0n) is 13.9. The van der Waals surface area contributed by atoms with Crippen LogP contribution >= 0.6 is 11.6 Å². The molecule has 0 saturated carbocycles. The molecular formula is C17H20ClFN2O4. The molecule has 2 aliphatic rings. The summed E-state index contributed by atoms with van der Waals surface area (Å²) in [5.74, 6) is -2.06. The fourth-order valence-corrected chi connectivity index (χ4v) is 3.74. The Bertz CT molecular complexity index is 699. The van der Waals surface area contributed by atoms with E-state index in [2.05, 4.69) is 0 Å². The average molecular weight is 371 g/mol. The van der Waals surface area contributed by atoms with Crippen LogP contribution in [0, 0.1) is 18.7 Å². The minimum Gasteiger partial charge on any atom is -0.480 e. The van der Waals surface area contributed by atoms with Gasteiger partial charge in [-0.1, -0.05) is 17.7 Å². The van der Waals surface area contributed by atoms with Crippen molar-refractivity contribution in [1.29, 1.82) is 0 Å². The highest BCUT2D eigenvalue weighted by molar-refractivity contribution is 6.34. The van der Waals surface area contributed by atoms with Crippen LogP contribution in [0.5, 0.6) is 0 Å². The van der Waals surface area contributed by atoms with Crippen molar-refractivity contribution in [3.05, 3.63) is 34.1 Å². The van der Waals surface area contributed by atoms with Crippen molar-refractivity contribution >= 4 is 23.5 Å². The molecule has 2 bridgehead atoms. The molecule has 1 aromatic rings. The van der Waals surface area contributed by atoms with Crippen molar-refractivity contribution in [2.45, 2.75) is 13.0 Å². The van der Waals surface area contributed by atoms with Gasteiger partial charge >= 0.3 is 5.97 Å². The monoisotopic (exact) mass is 370 g/mol. The van der Waals surface area contributed by atoms with Gasteiger partial charge in [0.05, 0.1) is 36.4 Å². The smallest absolute Gasteiger partial charge is 0.317 e. The molecule has 2 heterocycles. The lowest BCUT2D eigenvalue weighted by Crippen LogP contribution is -2.47. The third-order valence-corrected chi connectivity index (χ3v) is 5.15. The fraction of sp³-hybridized carbons (Fsp3) is 0.529. The molecule has 0 unspecified atom stereocenters. The zero-order chi connectivity index (χ0) is 18.1. The number of carbonyl (C=O) groups excluding carboxylic acids is 1. The van der Waals surface area contributed by atoms with E-state index in [9.17, 15) is 14.0 Å². The van der Waals surface area contributed by atoms with Gasteiger partial charge in [-0.25, -0.2) is 4.39 Å². The number of aliphatic carboxylic acids is 1. The normalized spacial score (nSPS) is 24.0. The summed E-state index contributed by atoms with van der Waals surface area (Å²) in [5, 5.41) is 9.17. The topological polar surface area (TPSA) is 70.1 Å². The number of carboxylic acid groups (broad SMARTS) is 1. The Morgan fingerprint density at radius 1 is 1.32 bits per heavy atom. The van der Waals surface area contributed by atoms with Gasteiger partial charge in [0.2, 0.25) is 0 Å². The summed E-state index contributed by atoms with van der Waals surface area (Å²) in [7, 11) is 0. The van der Waals surface area contributed by atoms with E-state index in [-0.39, 0.29) is 29.1 Å². The van der Waals surface area contributed by atoms with Crippen LogP contribution in [-0.2, 0) is 9.53 Å². The second-order valence-corrected chi connectivity index (χ2v) is 7.03. The van der Waals surface area contributed by atoms with Gasteiger partial charge in [-0.2, -0.15) is 0 Å². The second kappa shape index (κ2) is 7.27. The lowest BCUT2D eigenvalue weighted by molar-refractivity contribution is -0.138. The summed E-state index contributed by atoms with van der Waals surface area (Å²) in [6, 6.07) is 2.44. The maximum Gasteiger partial charge on any atom is 0.317 e. The number of rotatable bonds is 3. The van der Waals surface area contributed by atoms with Crippen LogP contribution in [0.15, 0.2) is 12.1 Å². The molecule has 25 heavy (non-hydrogen) atoms. The summed E-state index contributed by atoms with van der Waals surface area (Å²) in [4.78, 5) is 27.5. The lowest BCUT2D eigenvalue weighted by Gasteiger charge is -2.31. The number of carbonyl (C=O) groups is 2. The maximum atomic E-state index is 14.3. The molecule has 0 radical (unpaired) electrons. The first kappa shape index (κ1) is 18.1. The number of hydrogen-bond donors (Lipinski definition) is 1. The molecule has 0 aromatic heterocycles. The van der Waals surface area contributed by atoms with Gasteiger partial charge < -0.3 is 14.7 Å². The van der Waals surface area contributed by atoms with Crippen LogP contribution in [0.4, 0.5) is 4.39 Å². The van der Waals surface area contributed by atoms with E-state index < -0.39 is 17.7 Å². The predicted octanol–water partition coefficient (Wildman–Crippen LogP) is 1.64. The first-order valence-corrected chi connectivity index (χ1v) is 8.52. The van der Waals surface area contributed by atoms with E-state index in [1.165, 1.54) is 12.1 Å². The number of amides is 1. The molecule has 2 aliphatic heterocycles. The second-order valence-electron chi connectivity index (χ2n) is 6.66. The number of ether oxygens (including phenoxy) is 1. The van der Waals surface area contributed by atoms with E-state index in [0.29, 0.717) is 38.4 Å². The number of aryl methyl sites for hydroxylation is 1. The van der Waals surface area contributed by atoms with Gasteiger partial charge in [0.1, 0.15) is 5.82 Å². The molecule has 8 heteroatoms. The lowest BCUT2D eigenvalue weighted by atomic mass is 10.1. The van der Waals surface area contributed by atoms with Gasteiger partial charge in [-0.05, 0) is 18.6 Å². The molecule has 2 atom stereocenters. The minimum atomic E-state index is -0.911. The van der Waals surface area contributed by atoms with Crippen LogP contribution < -0.4 is 0 Å². The molecule has 2 saturated heterocycles. The number of fused-ring (bicyclic) bond motifs is 3.